The van der Waals surface area contributed by atoms with Gasteiger partial charge in [-0.1, -0.05) is 0 Å². The summed E-state index contributed by atoms with van der Waals surface area (Å²) < 4.78 is 5.34. The van der Waals surface area contributed by atoms with Gasteiger partial charge < -0.3 is 15.1 Å². The molecule has 0 amide bonds. The number of hydrogen-bond donors (Lipinski definition) is 2. The van der Waals surface area contributed by atoms with E-state index in [0.717, 1.165) is 18.3 Å². The molecule has 1 aromatic rings. The molecule has 6 heteroatoms. The molecule has 6 nitrogen and oxygen atoms in total. The molecule has 1 saturated carbocycles. The van der Waals surface area contributed by atoms with Gasteiger partial charge in [0, 0.05) is 26.3 Å². The lowest BCUT2D eigenvalue weighted by molar-refractivity contribution is 0.128. The van der Waals surface area contributed by atoms with Crippen LogP contribution in [0.25, 0.3) is 0 Å². The summed E-state index contributed by atoms with van der Waals surface area (Å²) in [6, 6.07) is 1.86. The Kier molecular flexibility index (Phi) is 4.33. The third-order valence-corrected chi connectivity index (χ3v) is 2.96. The zero-order chi connectivity index (χ0) is 13.0. The maximum absolute atomic E-state index is 5.43. The van der Waals surface area contributed by atoms with Crippen LogP contribution < -0.4 is 16.2 Å². The summed E-state index contributed by atoms with van der Waals surface area (Å²) in [5.74, 6) is 8.41. The molecule has 0 aromatic carbocycles. The van der Waals surface area contributed by atoms with Gasteiger partial charge in [0.05, 0.1) is 0 Å². The number of nitrogens with one attached hydrogen (secondary N) is 1. The van der Waals surface area contributed by atoms with Crippen LogP contribution in [-0.4, -0.2) is 30.2 Å². The molecule has 0 aliphatic heterocycles. The van der Waals surface area contributed by atoms with E-state index in [9.17, 15) is 0 Å². The van der Waals surface area contributed by atoms with Crippen molar-refractivity contribution in [2.45, 2.75) is 26.4 Å². The van der Waals surface area contributed by atoms with Crippen LogP contribution in [0.1, 0.15) is 25.6 Å². The van der Waals surface area contributed by atoms with Crippen molar-refractivity contribution in [2.75, 3.05) is 30.5 Å². The number of hydrazine groups is 1. The van der Waals surface area contributed by atoms with Crippen molar-refractivity contribution >= 4 is 11.6 Å². The molecule has 1 aliphatic rings. The quantitative estimate of drug-likeness (QED) is 0.559. The summed E-state index contributed by atoms with van der Waals surface area (Å²) in [6.45, 7) is 4.05. The van der Waals surface area contributed by atoms with Crippen molar-refractivity contribution in [2.24, 2.45) is 11.8 Å². The van der Waals surface area contributed by atoms with Gasteiger partial charge in [-0.2, -0.15) is 0 Å². The molecule has 3 N–H and O–H groups in total. The molecular formula is C12H21N5O. The molecule has 0 spiro atoms. The number of aromatic nitrogens is 2. The SMILES string of the molecule is CCOCc1nc(NN)cc(N(C)CC2CC2)n1. The number of nitrogens with zero attached hydrogens (tertiary/aromatic N) is 3. The van der Waals surface area contributed by atoms with E-state index in [0.29, 0.717) is 24.9 Å². The van der Waals surface area contributed by atoms with Gasteiger partial charge >= 0.3 is 0 Å². The van der Waals surface area contributed by atoms with Crippen molar-refractivity contribution in [3.05, 3.63) is 11.9 Å². The predicted octanol–water partition coefficient (Wildman–Crippen LogP) is 1.14. The van der Waals surface area contributed by atoms with Crippen molar-refractivity contribution in [3.63, 3.8) is 0 Å². The zero-order valence-corrected chi connectivity index (χ0v) is 11.0. The summed E-state index contributed by atoms with van der Waals surface area (Å²) in [5, 5.41) is 0. The van der Waals surface area contributed by atoms with Crippen LogP contribution in [0.2, 0.25) is 0 Å². The van der Waals surface area contributed by atoms with Crippen LogP contribution in [0.15, 0.2) is 6.07 Å². The van der Waals surface area contributed by atoms with Crippen LogP contribution >= 0.6 is 0 Å². The van der Waals surface area contributed by atoms with Crippen LogP contribution in [0.3, 0.4) is 0 Å². The predicted molar refractivity (Wildman–Crippen MR) is 71.2 cm³/mol. The maximum Gasteiger partial charge on any atom is 0.158 e. The van der Waals surface area contributed by atoms with E-state index < -0.39 is 0 Å². The van der Waals surface area contributed by atoms with E-state index in [-0.39, 0.29) is 0 Å². The molecule has 0 unspecified atom stereocenters. The monoisotopic (exact) mass is 251 g/mol. The molecule has 1 fully saturated rings. The largest absolute Gasteiger partial charge is 0.374 e. The molecular weight excluding hydrogens is 230 g/mol. The maximum atomic E-state index is 5.43. The number of ether oxygens (including phenoxy) is 1. The normalized spacial score (nSPS) is 14.6. The minimum Gasteiger partial charge on any atom is -0.374 e. The second-order valence-electron chi connectivity index (χ2n) is 4.63. The van der Waals surface area contributed by atoms with Gasteiger partial charge in [-0.15, -0.1) is 0 Å². The minimum atomic E-state index is 0.413. The van der Waals surface area contributed by atoms with Gasteiger partial charge in [-0.3, -0.25) is 0 Å². The van der Waals surface area contributed by atoms with Gasteiger partial charge in [0.15, 0.2) is 5.82 Å². The molecule has 0 radical (unpaired) electrons. The fraction of sp³-hybridized carbons (Fsp3) is 0.667. The Balaban J connectivity index is 2.10. The summed E-state index contributed by atoms with van der Waals surface area (Å²) in [7, 11) is 2.05. The average Bonchev–Trinajstić information content (AvgIpc) is 3.19. The minimum absolute atomic E-state index is 0.413. The second kappa shape index (κ2) is 5.97. The van der Waals surface area contributed by atoms with Crippen molar-refractivity contribution in [1.82, 2.24) is 9.97 Å². The second-order valence-corrected chi connectivity index (χ2v) is 4.63. The van der Waals surface area contributed by atoms with Crippen LogP contribution in [0.5, 0.6) is 0 Å². The van der Waals surface area contributed by atoms with E-state index in [4.69, 9.17) is 10.6 Å². The Hall–Kier alpha value is -1.40. The molecule has 18 heavy (non-hydrogen) atoms. The number of anilines is 2. The summed E-state index contributed by atoms with van der Waals surface area (Å²) in [6.07, 6.45) is 2.65. The van der Waals surface area contributed by atoms with E-state index >= 15 is 0 Å². The highest BCUT2D eigenvalue weighted by atomic mass is 16.5. The molecule has 0 atom stereocenters. The highest BCUT2D eigenvalue weighted by Gasteiger charge is 2.23. The first kappa shape index (κ1) is 13.0. The first-order valence-electron chi connectivity index (χ1n) is 6.36. The highest BCUT2D eigenvalue weighted by Crippen LogP contribution is 2.30. The third kappa shape index (κ3) is 3.54. The first-order valence-corrected chi connectivity index (χ1v) is 6.36. The van der Waals surface area contributed by atoms with E-state index in [1.54, 1.807) is 0 Å². The molecule has 100 valence electrons. The molecule has 1 aromatic heterocycles. The van der Waals surface area contributed by atoms with Crippen LogP contribution in [0.4, 0.5) is 11.6 Å². The third-order valence-electron chi connectivity index (χ3n) is 2.96. The Morgan fingerprint density at radius 2 is 2.28 bits per heavy atom. The lowest BCUT2D eigenvalue weighted by Crippen LogP contribution is -2.23. The smallest absolute Gasteiger partial charge is 0.158 e. The zero-order valence-electron chi connectivity index (χ0n) is 11.0. The summed E-state index contributed by atoms with van der Waals surface area (Å²) in [5.41, 5.74) is 2.57. The van der Waals surface area contributed by atoms with Gasteiger partial charge in [-0.25, -0.2) is 15.8 Å². The topological polar surface area (TPSA) is 76.3 Å². The highest BCUT2D eigenvalue weighted by molar-refractivity contribution is 5.48. The lowest BCUT2D eigenvalue weighted by atomic mass is 10.3. The lowest BCUT2D eigenvalue weighted by Gasteiger charge is -2.19. The fourth-order valence-electron chi connectivity index (χ4n) is 1.79. The number of nitrogen functional groups attached to an aromatic ring is 1. The standard InChI is InChI=1S/C12H21N5O/c1-3-18-8-11-14-10(16-13)6-12(15-11)17(2)7-9-4-5-9/h6,9H,3-5,7-8,13H2,1-2H3,(H,14,15,16). The first-order chi connectivity index (χ1) is 8.72. The van der Waals surface area contributed by atoms with E-state index in [2.05, 4.69) is 20.3 Å². The number of nitrogens with two attached hydrogens (primary N) is 1. The van der Waals surface area contributed by atoms with E-state index in [1.165, 1.54) is 12.8 Å². The molecule has 1 aliphatic carbocycles. The summed E-state index contributed by atoms with van der Waals surface area (Å²) in [4.78, 5) is 10.9. The Morgan fingerprint density at radius 1 is 1.50 bits per heavy atom. The molecule has 1 heterocycles. The van der Waals surface area contributed by atoms with Crippen molar-refractivity contribution in [3.8, 4) is 0 Å². The Labute approximate surface area is 108 Å². The molecule has 2 rings (SSSR count). The molecule has 0 bridgehead atoms. The van der Waals surface area contributed by atoms with Gasteiger partial charge in [0.25, 0.3) is 0 Å². The van der Waals surface area contributed by atoms with Crippen LogP contribution in [0, 0.1) is 5.92 Å². The Bertz CT molecular complexity index is 394. The molecule has 0 saturated heterocycles. The van der Waals surface area contributed by atoms with Crippen LogP contribution in [-0.2, 0) is 11.3 Å². The van der Waals surface area contributed by atoms with Gasteiger partial charge in [0.2, 0.25) is 0 Å². The van der Waals surface area contributed by atoms with Crippen molar-refractivity contribution < 1.29 is 4.74 Å². The average molecular weight is 251 g/mol. The Morgan fingerprint density at radius 3 is 2.89 bits per heavy atom. The number of hydrogen-bond acceptors (Lipinski definition) is 6. The summed E-state index contributed by atoms with van der Waals surface area (Å²) >= 11 is 0. The van der Waals surface area contributed by atoms with Gasteiger partial charge in [-0.05, 0) is 25.7 Å². The van der Waals surface area contributed by atoms with E-state index in [1.807, 2.05) is 20.0 Å². The van der Waals surface area contributed by atoms with Crippen molar-refractivity contribution in [1.29, 1.82) is 0 Å². The number of rotatable bonds is 7. The van der Waals surface area contributed by atoms with Gasteiger partial charge in [0.1, 0.15) is 18.2 Å². The fourth-order valence-corrected chi connectivity index (χ4v) is 1.79.